The Morgan fingerprint density at radius 3 is 2.75 bits per heavy atom. The quantitative estimate of drug-likeness (QED) is 0.270. The largest absolute Gasteiger partial charge is 0.293 e. The molecule has 3 aromatic rings. The molecule has 0 radical (unpaired) electrons. The predicted octanol–water partition coefficient (Wildman–Crippen LogP) is 4.44. The summed E-state index contributed by atoms with van der Waals surface area (Å²) in [5, 5.41) is 1.13. The van der Waals surface area contributed by atoms with E-state index in [0.29, 0.717) is 22.6 Å². The summed E-state index contributed by atoms with van der Waals surface area (Å²) in [5.74, 6) is 0.312. The first-order valence-corrected chi connectivity index (χ1v) is 10.5. The maximum absolute atomic E-state index is 12.8. The zero-order chi connectivity index (χ0) is 19.5. The average molecular weight is 391 g/mol. The van der Waals surface area contributed by atoms with Crippen molar-refractivity contribution in [2.45, 2.75) is 37.4 Å². The minimum Gasteiger partial charge on any atom is -0.293 e. The Labute approximate surface area is 168 Å². The first kappa shape index (κ1) is 18.7. The van der Waals surface area contributed by atoms with Gasteiger partial charge in [-0.15, -0.1) is 6.58 Å². The highest BCUT2D eigenvalue weighted by atomic mass is 32.2. The third kappa shape index (κ3) is 3.67. The van der Waals surface area contributed by atoms with E-state index in [1.165, 1.54) is 35.7 Å². The van der Waals surface area contributed by atoms with Gasteiger partial charge >= 0.3 is 0 Å². The normalized spacial score (nSPS) is 13.3. The van der Waals surface area contributed by atoms with E-state index in [-0.39, 0.29) is 17.1 Å². The minimum absolute atomic E-state index is 0.0611. The summed E-state index contributed by atoms with van der Waals surface area (Å²) in [4.78, 5) is 30.2. The fourth-order valence-electron chi connectivity index (χ4n) is 3.67. The molecule has 0 N–H and O–H groups in total. The molecule has 0 fully saturated rings. The molecule has 4 rings (SSSR count). The number of hydrogen-bond acceptors (Lipinski definition) is 4. The van der Waals surface area contributed by atoms with Gasteiger partial charge in [-0.25, -0.2) is 4.98 Å². The number of benzene rings is 2. The summed E-state index contributed by atoms with van der Waals surface area (Å²) in [6.45, 7) is 4.11. The SMILES string of the molecule is C=CCn1c(SCC(=O)c2ccc3c(c2)CCCC3)nc2ccccc2c1=O. The lowest BCUT2D eigenvalue weighted by Gasteiger charge is -2.16. The molecule has 0 saturated heterocycles. The number of thioether (sulfide) groups is 1. The Morgan fingerprint density at radius 1 is 1.14 bits per heavy atom. The number of carbonyl (C=O) groups excluding carboxylic acids is 1. The van der Waals surface area contributed by atoms with Gasteiger partial charge in [-0.3, -0.25) is 14.2 Å². The Bertz CT molecular complexity index is 1120. The Morgan fingerprint density at radius 2 is 1.93 bits per heavy atom. The topological polar surface area (TPSA) is 52.0 Å². The summed E-state index contributed by atoms with van der Waals surface area (Å²) < 4.78 is 1.58. The lowest BCUT2D eigenvalue weighted by atomic mass is 9.90. The highest BCUT2D eigenvalue weighted by Gasteiger charge is 2.16. The number of nitrogens with zero attached hydrogens (tertiary/aromatic N) is 2. The number of carbonyl (C=O) groups is 1. The van der Waals surface area contributed by atoms with Crippen LogP contribution < -0.4 is 5.56 Å². The Hall–Kier alpha value is -2.66. The van der Waals surface area contributed by atoms with Crippen molar-refractivity contribution < 1.29 is 4.79 Å². The molecular weight excluding hydrogens is 368 g/mol. The van der Waals surface area contributed by atoms with Crippen LogP contribution in [0.3, 0.4) is 0 Å². The summed E-state index contributed by atoms with van der Waals surface area (Å²) >= 11 is 1.31. The van der Waals surface area contributed by atoms with Crippen LogP contribution in [0.1, 0.15) is 34.3 Å². The fraction of sp³-hybridized carbons (Fsp3) is 0.261. The highest BCUT2D eigenvalue weighted by Crippen LogP contribution is 2.24. The zero-order valence-electron chi connectivity index (χ0n) is 15.7. The number of rotatable bonds is 6. The van der Waals surface area contributed by atoms with Crippen LogP contribution in [0.4, 0.5) is 0 Å². The summed E-state index contributed by atoms with van der Waals surface area (Å²) in [5.41, 5.74) is 3.96. The van der Waals surface area contributed by atoms with Gasteiger partial charge in [-0.05, 0) is 55.0 Å². The number of aryl methyl sites for hydroxylation is 2. The molecule has 1 heterocycles. The second-order valence-corrected chi connectivity index (χ2v) is 7.96. The summed E-state index contributed by atoms with van der Waals surface area (Å²) in [6, 6.07) is 13.4. The van der Waals surface area contributed by atoms with Gasteiger partial charge in [0, 0.05) is 12.1 Å². The number of para-hydroxylation sites is 1. The third-order valence-electron chi connectivity index (χ3n) is 5.14. The molecule has 0 unspecified atom stereocenters. The van der Waals surface area contributed by atoms with Crippen LogP contribution in [0.15, 0.2) is 65.1 Å². The van der Waals surface area contributed by atoms with Crippen LogP contribution >= 0.6 is 11.8 Å². The molecule has 4 nitrogen and oxygen atoms in total. The molecule has 1 aliphatic carbocycles. The van der Waals surface area contributed by atoms with Gasteiger partial charge in [-0.2, -0.15) is 0 Å². The van der Waals surface area contributed by atoms with Crippen LogP contribution in [0, 0.1) is 0 Å². The maximum Gasteiger partial charge on any atom is 0.262 e. The van der Waals surface area contributed by atoms with Gasteiger partial charge in [-0.1, -0.05) is 42.1 Å². The van der Waals surface area contributed by atoms with Crippen molar-refractivity contribution in [3.8, 4) is 0 Å². The van der Waals surface area contributed by atoms with Crippen molar-refractivity contribution >= 4 is 28.4 Å². The van der Waals surface area contributed by atoms with Gasteiger partial charge in [0.1, 0.15) is 0 Å². The van der Waals surface area contributed by atoms with Gasteiger partial charge in [0.2, 0.25) is 0 Å². The number of hydrogen-bond donors (Lipinski definition) is 0. The van der Waals surface area contributed by atoms with Crippen LogP contribution in [0.5, 0.6) is 0 Å². The van der Waals surface area contributed by atoms with E-state index in [9.17, 15) is 9.59 Å². The van der Waals surface area contributed by atoms with Gasteiger partial charge in [0.15, 0.2) is 10.9 Å². The van der Waals surface area contributed by atoms with Crippen molar-refractivity contribution in [1.29, 1.82) is 0 Å². The van der Waals surface area contributed by atoms with E-state index in [2.05, 4.69) is 17.6 Å². The number of allylic oxidation sites excluding steroid dienone is 1. The van der Waals surface area contributed by atoms with Gasteiger partial charge in [0.05, 0.1) is 16.7 Å². The molecule has 1 aliphatic rings. The number of fused-ring (bicyclic) bond motifs is 2. The zero-order valence-corrected chi connectivity index (χ0v) is 16.5. The van der Waals surface area contributed by atoms with Gasteiger partial charge in [0.25, 0.3) is 5.56 Å². The fourth-order valence-corrected chi connectivity index (χ4v) is 4.57. The smallest absolute Gasteiger partial charge is 0.262 e. The van der Waals surface area contributed by atoms with Crippen molar-refractivity contribution in [3.05, 3.63) is 82.2 Å². The second-order valence-electron chi connectivity index (χ2n) is 7.02. The van der Waals surface area contributed by atoms with Crippen molar-refractivity contribution in [2.75, 3.05) is 5.75 Å². The van der Waals surface area contributed by atoms with Crippen LogP contribution in [0.2, 0.25) is 0 Å². The molecule has 28 heavy (non-hydrogen) atoms. The second kappa shape index (κ2) is 8.15. The molecule has 0 bridgehead atoms. The van der Waals surface area contributed by atoms with Crippen molar-refractivity contribution in [1.82, 2.24) is 9.55 Å². The monoisotopic (exact) mass is 390 g/mol. The molecule has 0 spiro atoms. The van der Waals surface area contributed by atoms with E-state index in [1.807, 2.05) is 30.3 Å². The first-order chi connectivity index (χ1) is 13.7. The molecule has 1 aromatic heterocycles. The molecule has 2 aromatic carbocycles. The van der Waals surface area contributed by atoms with E-state index in [4.69, 9.17) is 0 Å². The summed E-state index contributed by atoms with van der Waals surface area (Å²) in [6.07, 6.45) is 6.24. The Balaban J connectivity index is 1.59. The summed E-state index contributed by atoms with van der Waals surface area (Å²) in [7, 11) is 0. The first-order valence-electron chi connectivity index (χ1n) is 9.55. The van der Waals surface area contributed by atoms with Crippen LogP contribution in [-0.2, 0) is 19.4 Å². The van der Waals surface area contributed by atoms with Crippen LogP contribution in [-0.4, -0.2) is 21.1 Å². The van der Waals surface area contributed by atoms with Gasteiger partial charge < -0.3 is 0 Å². The lowest BCUT2D eigenvalue weighted by molar-refractivity contribution is 0.102. The molecular formula is C23H22N2O2S. The minimum atomic E-state index is -0.103. The molecule has 5 heteroatoms. The molecule has 0 atom stereocenters. The molecule has 0 amide bonds. The highest BCUT2D eigenvalue weighted by molar-refractivity contribution is 7.99. The number of aromatic nitrogens is 2. The van der Waals surface area contributed by atoms with E-state index >= 15 is 0 Å². The van der Waals surface area contributed by atoms with Crippen molar-refractivity contribution in [3.63, 3.8) is 0 Å². The average Bonchev–Trinajstić information content (AvgIpc) is 2.74. The molecule has 0 saturated carbocycles. The Kier molecular flexibility index (Phi) is 5.44. The predicted molar refractivity (Wildman–Crippen MR) is 114 cm³/mol. The van der Waals surface area contributed by atoms with E-state index in [1.54, 1.807) is 16.7 Å². The van der Waals surface area contributed by atoms with Crippen LogP contribution in [0.25, 0.3) is 10.9 Å². The molecule has 0 aliphatic heterocycles. The molecule has 142 valence electrons. The number of Topliss-reactive ketones (excluding diaryl/α,β-unsaturated/α-hetero) is 1. The van der Waals surface area contributed by atoms with E-state index < -0.39 is 0 Å². The third-order valence-corrected chi connectivity index (χ3v) is 6.12. The lowest BCUT2D eigenvalue weighted by Crippen LogP contribution is -2.23. The number of ketones is 1. The standard InChI is InChI=1S/C23H22N2O2S/c1-2-13-25-22(27)19-9-5-6-10-20(19)24-23(25)28-15-21(26)18-12-11-16-7-3-4-8-17(16)14-18/h2,5-6,9-12,14H,1,3-4,7-8,13,15H2. The maximum atomic E-state index is 12.8. The van der Waals surface area contributed by atoms with Crippen molar-refractivity contribution in [2.24, 2.45) is 0 Å². The van der Waals surface area contributed by atoms with E-state index in [0.717, 1.165) is 18.4 Å².